The Morgan fingerprint density at radius 2 is 1.66 bits per heavy atom. The summed E-state index contributed by atoms with van der Waals surface area (Å²) in [7, 11) is 0. The van der Waals surface area contributed by atoms with Gasteiger partial charge in [-0.3, -0.25) is 14.4 Å². The number of amides is 1. The Balaban J connectivity index is 1.44. The smallest absolute Gasteiger partial charge is 0.262 e. The number of carbonyl (C=O) groups excluding carboxylic acids is 3. The number of halogens is 1. The fourth-order valence-corrected chi connectivity index (χ4v) is 3.82. The number of hydrogen-bond acceptors (Lipinski definition) is 4. The molecule has 0 saturated carbocycles. The number of hydrogen-bond donors (Lipinski definition) is 1. The van der Waals surface area contributed by atoms with E-state index in [1.807, 2.05) is 32.0 Å². The van der Waals surface area contributed by atoms with Gasteiger partial charge in [-0.2, -0.15) is 0 Å². The zero-order valence-electron chi connectivity index (χ0n) is 17.6. The van der Waals surface area contributed by atoms with Gasteiger partial charge in [-0.15, -0.1) is 0 Å². The van der Waals surface area contributed by atoms with Crippen molar-refractivity contribution in [1.29, 1.82) is 0 Å². The van der Waals surface area contributed by atoms with Crippen molar-refractivity contribution in [3.63, 3.8) is 0 Å². The van der Waals surface area contributed by atoms with Crippen molar-refractivity contribution in [3.8, 4) is 5.75 Å². The van der Waals surface area contributed by atoms with E-state index in [0.717, 1.165) is 16.8 Å². The molecule has 32 heavy (non-hydrogen) atoms. The number of ketones is 2. The zero-order chi connectivity index (χ0) is 22.8. The van der Waals surface area contributed by atoms with Gasteiger partial charge in [-0.1, -0.05) is 59.6 Å². The normalized spacial score (nSPS) is 12.5. The molecule has 1 aliphatic carbocycles. The molecule has 0 bridgehead atoms. The standard InChI is InChI=1S/C26H20ClNO4/c1-15-7-9-22(16(2)11-15)28-24(29)14-32-23-10-8-17(13-21(23)27)12-20-25(30)18-5-3-4-6-19(18)26(20)31/h3-13H,14H2,1-2H3,(H,28,29). The van der Waals surface area contributed by atoms with Crippen molar-refractivity contribution < 1.29 is 19.1 Å². The van der Waals surface area contributed by atoms with Crippen LogP contribution in [0.1, 0.15) is 37.4 Å². The molecule has 6 heteroatoms. The third-order valence-corrected chi connectivity index (χ3v) is 5.48. The first kappa shape index (κ1) is 21.5. The molecule has 0 spiro atoms. The number of ether oxygens (including phenoxy) is 1. The predicted molar refractivity (Wildman–Crippen MR) is 125 cm³/mol. The van der Waals surface area contributed by atoms with Crippen LogP contribution in [0.25, 0.3) is 6.08 Å². The minimum atomic E-state index is -0.306. The number of fused-ring (bicyclic) bond motifs is 1. The Morgan fingerprint density at radius 3 is 2.28 bits per heavy atom. The quantitative estimate of drug-likeness (QED) is 0.419. The molecule has 0 atom stereocenters. The number of benzene rings is 3. The maximum atomic E-state index is 12.5. The Morgan fingerprint density at radius 1 is 0.969 bits per heavy atom. The van der Waals surface area contributed by atoms with Crippen LogP contribution < -0.4 is 10.1 Å². The van der Waals surface area contributed by atoms with E-state index in [1.54, 1.807) is 42.5 Å². The van der Waals surface area contributed by atoms with Gasteiger partial charge in [0.15, 0.2) is 18.2 Å². The lowest BCUT2D eigenvalue weighted by atomic mass is 10.1. The van der Waals surface area contributed by atoms with Crippen LogP contribution in [0, 0.1) is 13.8 Å². The van der Waals surface area contributed by atoms with Crippen LogP contribution in [0.3, 0.4) is 0 Å². The molecule has 160 valence electrons. The number of Topliss-reactive ketones (excluding diaryl/α,β-unsaturated/α-hetero) is 2. The van der Waals surface area contributed by atoms with Crippen LogP contribution in [-0.4, -0.2) is 24.1 Å². The highest BCUT2D eigenvalue weighted by Gasteiger charge is 2.32. The summed E-state index contributed by atoms with van der Waals surface area (Å²) in [6, 6.07) is 17.4. The summed E-state index contributed by atoms with van der Waals surface area (Å²) < 4.78 is 5.55. The van der Waals surface area contributed by atoms with Gasteiger partial charge in [-0.25, -0.2) is 0 Å². The molecule has 1 aliphatic rings. The highest BCUT2D eigenvalue weighted by atomic mass is 35.5. The molecule has 0 radical (unpaired) electrons. The van der Waals surface area contributed by atoms with Gasteiger partial charge in [0.2, 0.25) is 0 Å². The van der Waals surface area contributed by atoms with E-state index in [1.165, 1.54) is 6.08 Å². The third-order valence-electron chi connectivity index (χ3n) is 5.19. The van der Waals surface area contributed by atoms with Gasteiger partial charge >= 0.3 is 0 Å². The first-order valence-corrected chi connectivity index (χ1v) is 10.4. The van der Waals surface area contributed by atoms with Gasteiger partial charge in [0.05, 0.1) is 10.6 Å². The fourth-order valence-electron chi connectivity index (χ4n) is 3.58. The Bertz CT molecular complexity index is 1260. The fraction of sp³-hybridized carbons (Fsp3) is 0.115. The third kappa shape index (κ3) is 4.34. The monoisotopic (exact) mass is 445 g/mol. The predicted octanol–water partition coefficient (Wildman–Crippen LogP) is 5.44. The maximum absolute atomic E-state index is 12.5. The molecule has 0 heterocycles. The molecule has 3 aromatic carbocycles. The van der Waals surface area contributed by atoms with Crippen LogP contribution >= 0.6 is 11.6 Å². The second-order valence-electron chi connectivity index (χ2n) is 7.61. The van der Waals surface area contributed by atoms with E-state index >= 15 is 0 Å². The van der Waals surface area contributed by atoms with Gasteiger partial charge < -0.3 is 10.1 Å². The van der Waals surface area contributed by atoms with Crippen molar-refractivity contribution in [1.82, 2.24) is 0 Å². The van der Waals surface area contributed by atoms with E-state index in [9.17, 15) is 14.4 Å². The summed E-state index contributed by atoms with van der Waals surface area (Å²) in [6.07, 6.45) is 1.52. The lowest BCUT2D eigenvalue weighted by molar-refractivity contribution is -0.118. The van der Waals surface area contributed by atoms with Gasteiger partial charge in [0.25, 0.3) is 5.91 Å². The largest absolute Gasteiger partial charge is 0.482 e. The highest BCUT2D eigenvalue weighted by molar-refractivity contribution is 6.41. The molecule has 4 rings (SSSR count). The molecule has 3 aromatic rings. The number of anilines is 1. The number of rotatable bonds is 5. The number of aryl methyl sites for hydroxylation is 2. The average Bonchev–Trinajstić information content (AvgIpc) is 3.00. The van der Waals surface area contributed by atoms with E-state index in [0.29, 0.717) is 22.4 Å². The molecule has 0 saturated heterocycles. The average molecular weight is 446 g/mol. The summed E-state index contributed by atoms with van der Waals surface area (Å²) in [5.41, 5.74) is 4.31. The Kier molecular flexibility index (Phi) is 5.93. The first-order chi connectivity index (χ1) is 15.3. The summed E-state index contributed by atoms with van der Waals surface area (Å²) in [5.74, 6) is -0.577. The minimum absolute atomic E-state index is 0.101. The molecular formula is C26H20ClNO4. The molecule has 1 amide bonds. The van der Waals surface area contributed by atoms with Crippen LogP contribution in [0.2, 0.25) is 5.02 Å². The number of allylic oxidation sites excluding steroid dienone is 1. The maximum Gasteiger partial charge on any atom is 0.262 e. The van der Waals surface area contributed by atoms with Crippen LogP contribution in [0.5, 0.6) is 5.75 Å². The van der Waals surface area contributed by atoms with Crippen molar-refractivity contribution in [2.24, 2.45) is 0 Å². The SMILES string of the molecule is Cc1ccc(NC(=O)COc2ccc(C=C3C(=O)c4ccccc4C3=O)cc2Cl)c(C)c1. The highest BCUT2D eigenvalue weighted by Crippen LogP contribution is 2.30. The Hall–Kier alpha value is -3.70. The van der Waals surface area contributed by atoms with Crippen LogP contribution in [-0.2, 0) is 4.79 Å². The van der Waals surface area contributed by atoms with Gasteiger partial charge in [0.1, 0.15) is 5.75 Å². The van der Waals surface area contributed by atoms with Crippen molar-refractivity contribution >= 4 is 40.8 Å². The van der Waals surface area contributed by atoms with Gasteiger partial charge in [0, 0.05) is 16.8 Å². The molecule has 0 aromatic heterocycles. The topological polar surface area (TPSA) is 72.5 Å². The second kappa shape index (κ2) is 8.81. The molecule has 1 N–H and O–H groups in total. The van der Waals surface area contributed by atoms with Gasteiger partial charge in [-0.05, 0) is 49.2 Å². The lowest BCUT2D eigenvalue weighted by Gasteiger charge is -2.11. The molecule has 0 aliphatic heterocycles. The first-order valence-electron chi connectivity index (χ1n) is 10.0. The Labute approximate surface area is 190 Å². The van der Waals surface area contributed by atoms with Crippen molar-refractivity contribution in [3.05, 3.63) is 99.1 Å². The molecule has 0 fully saturated rings. The molecule has 0 unspecified atom stereocenters. The molecular weight excluding hydrogens is 426 g/mol. The summed E-state index contributed by atoms with van der Waals surface area (Å²) in [5, 5.41) is 3.09. The second-order valence-corrected chi connectivity index (χ2v) is 8.01. The lowest BCUT2D eigenvalue weighted by Crippen LogP contribution is -2.20. The summed E-state index contributed by atoms with van der Waals surface area (Å²) in [4.78, 5) is 37.3. The van der Waals surface area contributed by atoms with Crippen LogP contribution in [0.15, 0.2) is 66.2 Å². The minimum Gasteiger partial charge on any atom is -0.482 e. The van der Waals surface area contributed by atoms with E-state index < -0.39 is 0 Å². The van der Waals surface area contributed by atoms with E-state index in [2.05, 4.69) is 5.32 Å². The summed E-state index contributed by atoms with van der Waals surface area (Å²) in [6.45, 7) is 3.70. The molecule has 5 nitrogen and oxygen atoms in total. The number of nitrogens with one attached hydrogen (secondary N) is 1. The van der Waals surface area contributed by atoms with E-state index in [4.69, 9.17) is 16.3 Å². The van der Waals surface area contributed by atoms with Crippen molar-refractivity contribution in [2.75, 3.05) is 11.9 Å². The van der Waals surface area contributed by atoms with Crippen molar-refractivity contribution in [2.45, 2.75) is 13.8 Å². The van der Waals surface area contributed by atoms with E-state index in [-0.39, 0.29) is 34.7 Å². The van der Waals surface area contributed by atoms with Crippen LogP contribution in [0.4, 0.5) is 5.69 Å². The zero-order valence-corrected chi connectivity index (χ0v) is 18.3. The summed E-state index contributed by atoms with van der Waals surface area (Å²) >= 11 is 6.31. The number of carbonyl (C=O) groups is 3.